The Morgan fingerprint density at radius 1 is 1.04 bits per heavy atom. The van der Waals surface area contributed by atoms with Gasteiger partial charge in [0.05, 0.1) is 12.3 Å². The van der Waals surface area contributed by atoms with Crippen LogP contribution in [0.25, 0.3) is 0 Å². The monoisotopic (exact) mass is 401 g/mol. The summed E-state index contributed by atoms with van der Waals surface area (Å²) >= 11 is 0. The van der Waals surface area contributed by atoms with Crippen LogP contribution in [0.3, 0.4) is 0 Å². The summed E-state index contributed by atoms with van der Waals surface area (Å²) in [6.07, 6.45) is 0. The van der Waals surface area contributed by atoms with E-state index in [1.165, 1.54) is 0 Å². The largest absolute Gasteiger partial charge is 0.454 e. The Hall–Kier alpha value is -3.40. The Labute approximate surface area is 160 Å². The van der Waals surface area contributed by atoms with Gasteiger partial charge < -0.3 is 19.2 Å². The first-order chi connectivity index (χ1) is 13.5. The maximum absolute atomic E-state index is 12.4. The molecule has 10 heteroatoms. The lowest BCUT2D eigenvalue weighted by Crippen LogP contribution is -2.22. The number of rotatable bonds is 6. The van der Waals surface area contributed by atoms with Crippen LogP contribution in [0.1, 0.15) is 21.8 Å². The third kappa shape index (κ3) is 3.81. The predicted octanol–water partition coefficient (Wildman–Crippen LogP) is 1.70. The normalized spacial score (nSPS) is 12.7. The lowest BCUT2D eigenvalue weighted by Gasteiger charge is -2.03. The minimum absolute atomic E-state index is 0.0132. The predicted molar refractivity (Wildman–Crippen MR) is 95.4 cm³/mol. The standard InChI is InChI=1S/C18H15N3O6S/c22-17(13-6-7-14-15(8-13)26-11-25-14)19-9-16-20-21-18(27-16)28(23,24)10-12-4-2-1-3-5-12/h1-8H,9-11H2,(H,19,22). The zero-order valence-electron chi connectivity index (χ0n) is 14.5. The average Bonchev–Trinajstić information content (AvgIpc) is 3.35. The molecule has 0 radical (unpaired) electrons. The van der Waals surface area contributed by atoms with E-state index in [0.717, 1.165) is 0 Å². The van der Waals surface area contributed by atoms with Crippen molar-refractivity contribution in [2.45, 2.75) is 17.5 Å². The molecule has 0 spiro atoms. The lowest BCUT2D eigenvalue weighted by atomic mass is 10.2. The molecule has 2 heterocycles. The van der Waals surface area contributed by atoms with Crippen molar-refractivity contribution in [3.05, 3.63) is 65.5 Å². The number of amides is 1. The van der Waals surface area contributed by atoms with Gasteiger partial charge in [-0.1, -0.05) is 35.4 Å². The molecule has 2 aromatic carbocycles. The van der Waals surface area contributed by atoms with Crippen molar-refractivity contribution in [3.63, 3.8) is 0 Å². The van der Waals surface area contributed by atoms with E-state index < -0.39 is 21.0 Å². The van der Waals surface area contributed by atoms with E-state index >= 15 is 0 Å². The second-order valence-electron chi connectivity index (χ2n) is 5.96. The summed E-state index contributed by atoms with van der Waals surface area (Å²) in [7, 11) is -3.77. The van der Waals surface area contributed by atoms with Crippen LogP contribution in [0.15, 0.2) is 58.2 Å². The van der Waals surface area contributed by atoms with E-state index in [4.69, 9.17) is 13.9 Å². The molecule has 1 aliphatic rings. The van der Waals surface area contributed by atoms with Gasteiger partial charge in [0.1, 0.15) is 0 Å². The average molecular weight is 401 g/mol. The number of hydrogen-bond donors (Lipinski definition) is 1. The summed E-state index contributed by atoms with van der Waals surface area (Å²) in [6.45, 7) is 0.00373. The van der Waals surface area contributed by atoms with E-state index in [-0.39, 0.29) is 25.0 Å². The fraction of sp³-hybridized carbons (Fsp3) is 0.167. The molecule has 0 saturated heterocycles. The zero-order chi connectivity index (χ0) is 19.6. The molecule has 0 fully saturated rings. The number of carbonyl (C=O) groups excluding carboxylic acids is 1. The number of fused-ring (bicyclic) bond motifs is 1. The van der Waals surface area contributed by atoms with Gasteiger partial charge in [0, 0.05) is 5.56 Å². The number of ether oxygens (including phenoxy) is 2. The molecular weight excluding hydrogens is 386 g/mol. The molecule has 1 aliphatic heterocycles. The minimum Gasteiger partial charge on any atom is -0.454 e. The van der Waals surface area contributed by atoms with Crippen molar-refractivity contribution < 1.29 is 27.1 Å². The van der Waals surface area contributed by atoms with Crippen molar-refractivity contribution in [3.8, 4) is 11.5 Å². The summed E-state index contributed by atoms with van der Waals surface area (Å²) in [5.74, 6) is 0.395. The zero-order valence-corrected chi connectivity index (χ0v) is 15.3. The van der Waals surface area contributed by atoms with Gasteiger partial charge in [-0.15, -0.1) is 5.10 Å². The van der Waals surface area contributed by atoms with Crippen LogP contribution in [0.5, 0.6) is 11.5 Å². The Morgan fingerprint density at radius 3 is 2.64 bits per heavy atom. The van der Waals surface area contributed by atoms with Crippen LogP contribution >= 0.6 is 0 Å². The topological polar surface area (TPSA) is 121 Å². The molecule has 1 amide bonds. The first kappa shape index (κ1) is 18.0. The van der Waals surface area contributed by atoms with E-state index in [1.54, 1.807) is 48.5 Å². The number of hydrogen-bond acceptors (Lipinski definition) is 8. The highest BCUT2D eigenvalue weighted by Crippen LogP contribution is 2.32. The summed E-state index contributed by atoms with van der Waals surface area (Å²) in [6, 6.07) is 13.5. The van der Waals surface area contributed by atoms with Crippen molar-refractivity contribution in [1.82, 2.24) is 15.5 Å². The summed E-state index contributed by atoms with van der Waals surface area (Å²) in [4.78, 5) is 12.2. The summed E-state index contributed by atoms with van der Waals surface area (Å²) in [5, 5.41) is 9.39. The first-order valence-corrected chi connectivity index (χ1v) is 9.93. The van der Waals surface area contributed by atoms with Crippen LogP contribution in [-0.4, -0.2) is 31.3 Å². The third-order valence-electron chi connectivity index (χ3n) is 3.95. The van der Waals surface area contributed by atoms with Gasteiger partial charge in [-0.2, -0.15) is 0 Å². The molecular formula is C18H15N3O6S. The Balaban J connectivity index is 1.40. The molecule has 0 aliphatic carbocycles. The highest BCUT2D eigenvalue weighted by molar-refractivity contribution is 7.90. The smallest absolute Gasteiger partial charge is 0.335 e. The minimum atomic E-state index is -3.77. The van der Waals surface area contributed by atoms with Gasteiger partial charge in [-0.3, -0.25) is 4.79 Å². The molecule has 0 bridgehead atoms. The first-order valence-electron chi connectivity index (χ1n) is 8.28. The highest BCUT2D eigenvalue weighted by Gasteiger charge is 2.23. The highest BCUT2D eigenvalue weighted by atomic mass is 32.2. The molecule has 1 N–H and O–H groups in total. The second-order valence-corrected chi connectivity index (χ2v) is 7.82. The summed E-state index contributed by atoms with van der Waals surface area (Å²) < 4.78 is 40.4. The Kier molecular flexibility index (Phi) is 4.70. The van der Waals surface area contributed by atoms with Crippen molar-refractivity contribution in [2.75, 3.05) is 6.79 Å². The van der Waals surface area contributed by atoms with Gasteiger partial charge in [0.25, 0.3) is 5.91 Å². The van der Waals surface area contributed by atoms with Crippen molar-refractivity contribution >= 4 is 15.7 Å². The molecule has 0 unspecified atom stereocenters. The Bertz CT molecular complexity index is 1110. The molecule has 9 nitrogen and oxygen atoms in total. The number of aromatic nitrogens is 2. The summed E-state index contributed by atoms with van der Waals surface area (Å²) in [5.41, 5.74) is 0.971. The number of benzene rings is 2. The van der Waals surface area contributed by atoms with Gasteiger partial charge in [0.2, 0.25) is 22.5 Å². The fourth-order valence-corrected chi connectivity index (χ4v) is 3.73. The molecule has 144 valence electrons. The van der Waals surface area contributed by atoms with E-state index in [9.17, 15) is 13.2 Å². The number of nitrogens with zero attached hydrogens (tertiary/aromatic N) is 2. The van der Waals surface area contributed by atoms with Crippen molar-refractivity contribution in [1.29, 1.82) is 0 Å². The van der Waals surface area contributed by atoms with E-state index in [2.05, 4.69) is 15.5 Å². The second kappa shape index (κ2) is 7.31. The van der Waals surface area contributed by atoms with Crippen LogP contribution in [-0.2, 0) is 22.1 Å². The van der Waals surface area contributed by atoms with Crippen LogP contribution in [0, 0.1) is 0 Å². The molecule has 3 aromatic rings. The maximum atomic E-state index is 12.4. The molecule has 4 rings (SSSR count). The van der Waals surface area contributed by atoms with Gasteiger partial charge in [-0.25, -0.2) is 8.42 Å². The number of sulfone groups is 1. The van der Waals surface area contributed by atoms with Crippen LogP contribution in [0.2, 0.25) is 0 Å². The maximum Gasteiger partial charge on any atom is 0.335 e. The number of carbonyl (C=O) groups is 1. The lowest BCUT2D eigenvalue weighted by molar-refractivity contribution is 0.0946. The van der Waals surface area contributed by atoms with E-state index in [0.29, 0.717) is 22.6 Å². The third-order valence-corrected chi connectivity index (χ3v) is 5.36. The van der Waals surface area contributed by atoms with Gasteiger partial charge >= 0.3 is 5.22 Å². The Morgan fingerprint density at radius 2 is 1.82 bits per heavy atom. The van der Waals surface area contributed by atoms with E-state index in [1.807, 2.05) is 0 Å². The molecule has 1 aromatic heterocycles. The van der Waals surface area contributed by atoms with Gasteiger partial charge in [-0.05, 0) is 23.8 Å². The quantitative estimate of drug-likeness (QED) is 0.663. The molecule has 0 saturated carbocycles. The molecule has 0 atom stereocenters. The fourth-order valence-electron chi connectivity index (χ4n) is 2.59. The molecule has 28 heavy (non-hydrogen) atoms. The van der Waals surface area contributed by atoms with Crippen LogP contribution < -0.4 is 14.8 Å². The van der Waals surface area contributed by atoms with Crippen LogP contribution in [0.4, 0.5) is 0 Å². The van der Waals surface area contributed by atoms with Gasteiger partial charge in [0.15, 0.2) is 11.5 Å². The number of nitrogens with one attached hydrogen (secondary N) is 1. The van der Waals surface area contributed by atoms with Crippen molar-refractivity contribution in [2.24, 2.45) is 0 Å². The SMILES string of the molecule is O=C(NCc1nnc(S(=O)(=O)Cc2ccccc2)o1)c1ccc2c(c1)OCO2.